The highest BCUT2D eigenvalue weighted by Crippen LogP contribution is 2.51. The molecule has 220 valence electrons. The number of aromatic nitrogens is 2. The highest BCUT2D eigenvalue weighted by atomic mass is 32.2. The highest BCUT2D eigenvalue weighted by Gasteiger charge is 2.41. The second-order valence-corrected chi connectivity index (χ2v) is 12.3. The van der Waals surface area contributed by atoms with Crippen molar-refractivity contribution in [3.05, 3.63) is 64.3 Å². The van der Waals surface area contributed by atoms with Crippen LogP contribution in [0.1, 0.15) is 54.0 Å². The van der Waals surface area contributed by atoms with Crippen molar-refractivity contribution in [1.82, 2.24) is 15.1 Å². The predicted octanol–water partition coefficient (Wildman–Crippen LogP) is 4.74. The molecule has 1 aliphatic rings. The number of benzene rings is 2. The number of rotatable bonds is 9. The van der Waals surface area contributed by atoms with E-state index in [1.807, 2.05) is 48.9 Å². The van der Waals surface area contributed by atoms with E-state index in [9.17, 15) is 9.59 Å². The van der Waals surface area contributed by atoms with Crippen molar-refractivity contribution in [2.24, 2.45) is 0 Å². The van der Waals surface area contributed by atoms with Crippen LogP contribution in [0.2, 0.25) is 0 Å². The van der Waals surface area contributed by atoms with Crippen molar-refractivity contribution in [2.45, 2.75) is 45.3 Å². The molecule has 9 nitrogen and oxygen atoms in total. The number of hydrogen-bond acceptors (Lipinski definition) is 7. The van der Waals surface area contributed by atoms with Crippen LogP contribution in [0.5, 0.6) is 11.5 Å². The number of ether oxygens (including phenoxy) is 3. The fourth-order valence-electron chi connectivity index (χ4n) is 5.07. The van der Waals surface area contributed by atoms with Gasteiger partial charge in [0.15, 0.2) is 0 Å². The van der Waals surface area contributed by atoms with E-state index < -0.39 is 0 Å². The molecule has 1 aromatic heterocycles. The van der Waals surface area contributed by atoms with Gasteiger partial charge in [0.05, 0.1) is 43.2 Å². The number of anilines is 1. The molecule has 0 saturated heterocycles. The molecule has 1 aliphatic heterocycles. The van der Waals surface area contributed by atoms with Crippen LogP contribution in [0.25, 0.3) is 5.69 Å². The van der Waals surface area contributed by atoms with Crippen molar-refractivity contribution < 1.29 is 23.8 Å². The lowest BCUT2D eigenvalue weighted by Crippen LogP contribution is -2.43. The molecule has 0 aliphatic carbocycles. The summed E-state index contributed by atoms with van der Waals surface area (Å²) in [6.07, 6.45) is 0. The number of methoxy groups -OCH3 is 3. The molecule has 10 heteroatoms. The Morgan fingerprint density at radius 1 is 1.10 bits per heavy atom. The summed E-state index contributed by atoms with van der Waals surface area (Å²) in [6.45, 7) is 11.0. The van der Waals surface area contributed by atoms with Crippen LogP contribution in [-0.4, -0.2) is 68.4 Å². The number of fused-ring (bicyclic) bond motifs is 1. The van der Waals surface area contributed by atoms with E-state index in [0.717, 1.165) is 33.6 Å². The number of aryl methyl sites for hydroxylation is 2. The van der Waals surface area contributed by atoms with Gasteiger partial charge in [0, 0.05) is 30.2 Å². The molecular weight excluding hydrogens is 540 g/mol. The smallest absolute Gasteiger partial charge is 0.240 e. The molecule has 0 fully saturated rings. The summed E-state index contributed by atoms with van der Waals surface area (Å²) < 4.78 is 18.3. The van der Waals surface area contributed by atoms with Crippen LogP contribution in [0.4, 0.5) is 5.82 Å². The summed E-state index contributed by atoms with van der Waals surface area (Å²) in [6, 6.07) is 11.8. The second kappa shape index (κ2) is 12.6. The minimum Gasteiger partial charge on any atom is -0.497 e. The average Bonchev–Trinajstić information content (AvgIpc) is 3.26. The minimum atomic E-state index is -0.376. The molecule has 0 saturated carbocycles. The number of thioether (sulfide) groups is 1. The van der Waals surface area contributed by atoms with Crippen molar-refractivity contribution in [1.29, 1.82) is 0 Å². The Hall–Kier alpha value is -3.50. The fraction of sp³-hybridized carbons (Fsp3) is 0.452. The third kappa shape index (κ3) is 6.38. The summed E-state index contributed by atoms with van der Waals surface area (Å²) in [5.74, 6) is 1.69. The maximum absolute atomic E-state index is 13.9. The van der Waals surface area contributed by atoms with Crippen molar-refractivity contribution >= 4 is 29.4 Å². The fourth-order valence-corrected chi connectivity index (χ4v) is 6.28. The Morgan fingerprint density at radius 3 is 2.49 bits per heavy atom. The molecule has 3 aromatic rings. The average molecular weight is 581 g/mol. The van der Waals surface area contributed by atoms with Gasteiger partial charge in [-0.15, -0.1) is 11.8 Å². The van der Waals surface area contributed by atoms with Crippen LogP contribution < -0.4 is 19.7 Å². The Morgan fingerprint density at radius 2 is 1.85 bits per heavy atom. The zero-order valence-corrected chi connectivity index (χ0v) is 26.0. The lowest BCUT2D eigenvalue weighted by atomic mass is 9.87. The van der Waals surface area contributed by atoms with E-state index in [0.29, 0.717) is 30.5 Å². The Kier molecular flexibility index (Phi) is 9.34. The first-order valence-electron chi connectivity index (χ1n) is 13.6. The van der Waals surface area contributed by atoms with Crippen LogP contribution in [0.15, 0.2) is 36.4 Å². The van der Waals surface area contributed by atoms with Gasteiger partial charge in [-0.2, -0.15) is 5.10 Å². The molecule has 1 N–H and O–H groups in total. The lowest BCUT2D eigenvalue weighted by Gasteiger charge is -2.25. The van der Waals surface area contributed by atoms with Gasteiger partial charge in [-0.05, 0) is 43.7 Å². The Bertz CT molecular complexity index is 1430. The topological polar surface area (TPSA) is 94.9 Å². The van der Waals surface area contributed by atoms with Gasteiger partial charge in [0.2, 0.25) is 11.8 Å². The number of carbonyl (C=O) groups is 2. The molecule has 0 radical (unpaired) electrons. The molecule has 0 bridgehead atoms. The standard InChI is InChI=1S/C31H40N4O5S/c1-19-9-11-23(20(2)15-19)35-30-27(29(33-35)31(3,4)5)28(22-16-21(39-7)10-12-24(22)40-8)41-18-26(37)34(30)17-25(36)32-13-14-38-6/h9-12,15-16,28H,13-14,17-18H2,1-8H3,(H,32,36)/t28-/m1/s1. The first kappa shape index (κ1) is 30.5. The molecule has 4 rings (SSSR count). The zero-order chi connectivity index (χ0) is 29.9. The summed E-state index contributed by atoms with van der Waals surface area (Å²) in [5.41, 5.74) is 5.21. The van der Waals surface area contributed by atoms with E-state index in [-0.39, 0.29) is 34.8 Å². The van der Waals surface area contributed by atoms with E-state index in [2.05, 4.69) is 32.2 Å². The lowest BCUT2D eigenvalue weighted by molar-refractivity contribution is -0.123. The van der Waals surface area contributed by atoms with Crippen LogP contribution in [0.3, 0.4) is 0 Å². The first-order valence-corrected chi connectivity index (χ1v) is 14.7. The first-order chi connectivity index (χ1) is 19.5. The molecule has 2 heterocycles. The van der Waals surface area contributed by atoms with Gasteiger partial charge in [0.1, 0.15) is 23.9 Å². The van der Waals surface area contributed by atoms with E-state index in [1.54, 1.807) is 26.2 Å². The summed E-state index contributed by atoms with van der Waals surface area (Å²) in [5, 5.41) is 7.74. The molecule has 0 spiro atoms. The maximum Gasteiger partial charge on any atom is 0.240 e. The maximum atomic E-state index is 13.9. The number of nitrogens with zero attached hydrogens (tertiary/aromatic N) is 3. The molecular formula is C31H40N4O5S. The Labute approximate surface area is 246 Å². The van der Waals surface area contributed by atoms with Gasteiger partial charge >= 0.3 is 0 Å². The molecule has 2 aromatic carbocycles. The summed E-state index contributed by atoms with van der Waals surface area (Å²) in [4.78, 5) is 28.6. The summed E-state index contributed by atoms with van der Waals surface area (Å²) >= 11 is 1.50. The Balaban J connectivity index is 2.03. The van der Waals surface area contributed by atoms with Crippen LogP contribution in [0, 0.1) is 13.8 Å². The van der Waals surface area contributed by atoms with Gasteiger partial charge in [0.25, 0.3) is 0 Å². The largest absolute Gasteiger partial charge is 0.497 e. The van der Waals surface area contributed by atoms with Crippen molar-refractivity contribution in [3.8, 4) is 17.2 Å². The van der Waals surface area contributed by atoms with Gasteiger partial charge in [-0.25, -0.2) is 4.68 Å². The molecule has 1 atom stereocenters. The molecule has 2 amide bonds. The van der Waals surface area contributed by atoms with Crippen LogP contribution >= 0.6 is 11.8 Å². The molecule has 41 heavy (non-hydrogen) atoms. The third-order valence-electron chi connectivity index (χ3n) is 7.03. The third-order valence-corrected chi connectivity index (χ3v) is 8.27. The highest BCUT2D eigenvalue weighted by molar-refractivity contribution is 8.00. The van der Waals surface area contributed by atoms with E-state index in [4.69, 9.17) is 19.3 Å². The number of hydrogen-bond donors (Lipinski definition) is 1. The summed E-state index contributed by atoms with van der Waals surface area (Å²) in [7, 11) is 4.85. The van der Waals surface area contributed by atoms with E-state index >= 15 is 0 Å². The van der Waals surface area contributed by atoms with Gasteiger partial charge in [-0.1, -0.05) is 38.5 Å². The van der Waals surface area contributed by atoms with Crippen molar-refractivity contribution in [3.63, 3.8) is 0 Å². The molecule has 0 unspecified atom stereocenters. The quantitative estimate of drug-likeness (QED) is 0.366. The predicted molar refractivity (Wildman–Crippen MR) is 163 cm³/mol. The minimum absolute atomic E-state index is 0.141. The van der Waals surface area contributed by atoms with Gasteiger partial charge < -0.3 is 19.5 Å². The van der Waals surface area contributed by atoms with E-state index in [1.165, 1.54) is 11.8 Å². The SMILES string of the molecule is COCCNC(=O)CN1C(=O)CS[C@H](c2cc(OC)ccc2OC)c2c(C(C)(C)C)nn(-c3ccc(C)cc3C)c21. The second-order valence-electron chi connectivity index (χ2n) is 11.2. The number of carbonyl (C=O) groups excluding carboxylic acids is 2. The van der Waals surface area contributed by atoms with Crippen LogP contribution in [-0.2, 0) is 19.7 Å². The van der Waals surface area contributed by atoms with Gasteiger partial charge in [-0.3, -0.25) is 14.5 Å². The normalized spacial score (nSPS) is 15.4. The number of amides is 2. The number of nitrogens with one attached hydrogen (secondary N) is 1. The zero-order valence-electron chi connectivity index (χ0n) is 25.2. The monoisotopic (exact) mass is 580 g/mol. The van der Waals surface area contributed by atoms with Crippen molar-refractivity contribution in [2.75, 3.05) is 51.7 Å².